The molecular weight excluding hydrogens is 376 g/mol. The second-order valence-corrected chi connectivity index (χ2v) is 9.92. The van der Waals surface area contributed by atoms with Gasteiger partial charge in [0.2, 0.25) is 0 Å². The lowest BCUT2D eigenvalue weighted by Crippen LogP contribution is -2.07. The van der Waals surface area contributed by atoms with Crippen molar-refractivity contribution in [3.63, 3.8) is 0 Å². The summed E-state index contributed by atoms with van der Waals surface area (Å²) in [4.78, 5) is 5.10. The van der Waals surface area contributed by atoms with Gasteiger partial charge < -0.3 is 5.32 Å². The maximum Gasteiger partial charge on any atom is 0.0701 e. The summed E-state index contributed by atoms with van der Waals surface area (Å²) in [5, 5.41) is 3.71. The van der Waals surface area contributed by atoms with Gasteiger partial charge in [0.05, 0.1) is 5.69 Å². The van der Waals surface area contributed by atoms with Crippen LogP contribution in [0.3, 0.4) is 0 Å². The maximum atomic E-state index is 5.10. The van der Waals surface area contributed by atoms with Crippen LogP contribution in [-0.2, 0) is 0 Å². The van der Waals surface area contributed by atoms with Gasteiger partial charge in [0.25, 0.3) is 0 Å². The monoisotopic (exact) mass is 418 g/mol. The van der Waals surface area contributed by atoms with Crippen molar-refractivity contribution >= 4 is 17.1 Å². The summed E-state index contributed by atoms with van der Waals surface area (Å²) in [6.45, 7) is 22.2. The van der Waals surface area contributed by atoms with Gasteiger partial charge in [0.15, 0.2) is 0 Å². The molecule has 0 aliphatic heterocycles. The molecule has 2 rings (SSSR count). The van der Waals surface area contributed by atoms with E-state index in [4.69, 9.17) is 4.99 Å². The van der Waals surface area contributed by atoms with Crippen LogP contribution in [0.25, 0.3) is 0 Å². The van der Waals surface area contributed by atoms with Gasteiger partial charge in [-0.3, -0.25) is 4.99 Å². The fourth-order valence-corrected chi connectivity index (χ4v) is 4.09. The number of allylic oxidation sites excluding steroid dienone is 2. The third-order valence-electron chi connectivity index (χ3n) is 5.75. The quantitative estimate of drug-likeness (QED) is 0.424. The van der Waals surface area contributed by atoms with E-state index in [1.165, 1.54) is 27.9 Å². The van der Waals surface area contributed by atoms with E-state index < -0.39 is 0 Å². The molecule has 0 saturated heterocycles. The molecule has 0 spiro atoms. The first kappa shape index (κ1) is 24.9. The first-order chi connectivity index (χ1) is 14.5. The van der Waals surface area contributed by atoms with E-state index >= 15 is 0 Å². The highest BCUT2D eigenvalue weighted by Gasteiger charge is 2.15. The summed E-state index contributed by atoms with van der Waals surface area (Å²) in [7, 11) is 0. The molecule has 2 aromatic rings. The largest absolute Gasteiger partial charge is 0.359 e. The molecule has 2 nitrogen and oxygen atoms in total. The van der Waals surface area contributed by atoms with E-state index in [1.807, 2.05) is 0 Å². The predicted molar refractivity (Wildman–Crippen MR) is 139 cm³/mol. The van der Waals surface area contributed by atoms with Gasteiger partial charge in [-0.05, 0) is 65.8 Å². The van der Waals surface area contributed by atoms with E-state index in [9.17, 15) is 0 Å². The Morgan fingerprint density at radius 1 is 0.677 bits per heavy atom. The number of anilines is 1. The number of hydrogen-bond donors (Lipinski definition) is 1. The van der Waals surface area contributed by atoms with E-state index in [1.54, 1.807) is 0 Å². The van der Waals surface area contributed by atoms with Crippen LogP contribution in [0.5, 0.6) is 0 Å². The van der Waals surface area contributed by atoms with Gasteiger partial charge in [0.1, 0.15) is 0 Å². The highest BCUT2D eigenvalue weighted by molar-refractivity contribution is 5.96. The Kier molecular flexibility index (Phi) is 8.68. The molecule has 0 atom stereocenters. The SMILES string of the molecule is CC(/C=C(\C)Nc1c(C(C)C)cccc1C(C)C)=Nc1c(C(C)C)cccc1C(C)C. The third-order valence-corrected chi connectivity index (χ3v) is 5.75. The Morgan fingerprint density at radius 2 is 1.06 bits per heavy atom. The smallest absolute Gasteiger partial charge is 0.0701 e. The minimum Gasteiger partial charge on any atom is -0.359 e. The second-order valence-electron chi connectivity index (χ2n) is 9.92. The Bertz CT molecular complexity index is 891. The molecule has 0 aliphatic carbocycles. The highest BCUT2D eigenvalue weighted by Crippen LogP contribution is 2.35. The van der Waals surface area contributed by atoms with Crippen LogP contribution < -0.4 is 5.32 Å². The molecule has 31 heavy (non-hydrogen) atoms. The van der Waals surface area contributed by atoms with Crippen molar-refractivity contribution < 1.29 is 0 Å². The van der Waals surface area contributed by atoms with Gasteiger partial charge in [-0.15, -0.1) is 0 Å². The topological polar surface area (TPSA) is 24.4 Å². The summed E-state index contributed by atoms with van der Waals surface area (Å²) < 4.78 is 0. The molecule has 2 aromatic carbocycles. The number of aliphatic imine (C=N–C) groups is 1. The summed E-state index contributed by atoms with van der Waals surface area (Å²) in [5.41, 5.74) is 9.88. The third kappa shape index (κ3) is 6.32. The summed E-state index contributed by atoms with van der Waals surface area (Å²) in [5.74, 6) is 1.82. The van der Waals surface area contributed by atoms with Crippen LogP contribution in [-0.4, -0.2) is 5.71 Å². The van der Waals surface area contributed by atoms with Crippen molar-refractivity contribution in [1.29, 1.82) is 0 Å². The van der Waals surface area contributed by atoms with E-state index in [0.717, 1.165) is 17.1 Å². The van der Waals surface area contributed by atoms with Crippen LogP contribution in [0.1, 0.15) is 115 Å². The number of nitrogens with one attached hydrogen (secondary N) is 1. The van der Waals surface area contributed by atoms with Crippen molar-refractivity contribution in [3.8, 4) is 0 Å². The summed E-state index contributed by atoms with van der Waals surface area (Å²) in [6, 6.07) is 13.2. The Morgan fingerprint density at radius 3 is 1.45 bits per heavy atom. The zero-order valence-corrected chi connectivity index (χ0v) is 21.3. The Balaban J connectivity index is 2.46. The first-order valence-electron chi connectivity index (χ1n) is 11.8. The zero-order chi connectivity index (χ0) is 23.3. The van der Waals surface area contributed by atoms with Crippen LogP contribution in [0.2, 0.25) is 0 Å². The fourth-order valence-electron chi connectivity index (χ4n) is 4.09. The maximum absolute atomic E-state index is 5.10. The Labute approximate surface area is 190 Å². The molecular formula is C29H42N2. The van der Waals surface area contributed by atoms with Crippen molar-refractivity contribution in [3.05, 3.63) is 70.4 Å². The normalized spacial score (nSPS) is 13.1. The van der Waals surface area contributed by atoms with Gasteiger partial charge in [-0.25, -0.2) is 0 Å². The molecule has 0 fully saturated rings. The molecule has 168 valence electrons. The molecule has 0 heterocycles. The summed E-state index contributed by atoms with van der Waals surface area (Å²) >= 11 is 0. The standard InChI is InChI=1S/C29H42N2/c1-18(2)24-13-11-14-25(19(3)4)28(24)30-22(9)17-23(10)31-29-26(20(5)6)15-12-16-27(29)21(7)8/h11-21,30H,1-10H3/b22-17+,31-23?. The van der Waals surface area contributed by atoms with Crippen LogP contribution in [0.4, 0.5) is 11.4 Å². The van der Waals surface area contributed by atoms with Gasteiger partial charge in [-0.1, -0.05) is 91.8 Å². The highest BCUT2D eigenvalue weighted by atomic mass is 14.9. The fraction of sp³-hybridized carbons (Fsp3) is 0.483. The molecule has 1 N–H and O–H groups in total. The van der Waals surface area contributed by atoms with Gasteiger partial charge in [0, 0.05) is 17.1 Å². The van der Waals surface area contributed by atoms with Crippen LogP contribution in [0.15, 0.2) is 53.2 Å². The molecule has 0 saturated carbocycles. The number of hydrogen-bond acceptors (Lipinski definition) is 2. The van der Waals surface area contributed by atoms with E-state index in [0.29, 0.717) is 23.7 Å². The minimum absolute atomic E-state index is 0.444. The number of rotatable bonds is 8. The van der Waals surface area contributed by atoms with Gasteiger partial charge in [-0.2, -0.15) is 0 Å². The number of para-hydroxylation sites is 2. The van der Waals surface area contributed by atoms with Crippen LogP contribution in [0, 0.1) is 0 Å². The van der Waals surface area contributed by atoms with E-state index in [2.05, 4.69) is 117 Å². The average molecular weight is 419 g/mol. The molecule has 0 unspecified atom stereocenters. The molecule has 0 bridgehead atoms. The van der Waals surface area contributed by atoms with Crippen LogP contribution >= 0.6 is 0 Å². The van der Waals surface area contributed by atoms with Gasteiger partial charge >= 0.3 is 0 Å². The molecule has 0 amide bonds. The average Bonchev–Trinajstić information content (AvgIpc) is 2.67. The Hall–Kier alpha value is -2.35. The zero-order valence-electron chi connectivity index (χ0n) is 21.3. The van der Waals surface area contributed by atoms with Crippen molar-refractivity contribution in [2.75, 3.05) is 5.32 Å². The lowest BCUT2D eigenvalue weighted by molar-refractivity contribution is 0.834. The molecule has 2 heteroatoms. The molecule has 0 aliphatic rings. The first-order valence-corrected chi connectivity index (χ1v) is 11.8. The second kappa shape index (κ2) is 10.8. The molecule has 0 radical (unpaired) electrons. The number of nitrogens with zero attached hydrogens (tertiary/aromatic N) is 1. The van der Waals surface area contributed by atoms with E-state index in [-0.39, 0.29) is 0 Å². The summed E-state index contributed by atoms with van der Waals surface area (Å²) in [6.07, 6.45) is 2.17. The molecule has 0 aromatic heterocycles. The van der Waals surface area contributed by atoms with Crippen molar-refractivity contribution in [1.82, 2.24) is 0 Å². The lowest BCUT2D eigenvalue weighted by atomic mass is 9.92. The predicted octanol–water partition coefficient (Wildman–Crippen LogP) is 9.29. The number of benzene rings is 2. The van der Waals surface area contributed by atoms with Crippen molar-refractivity contribution in [2.24, 2.45) is 4.99 Å². The lowest BCUT2D eigenvalue weighted by Gasteiger charge is -2.21. The minimum atomic E-state index is 0.444. The van der Waals surface area contributed by atoms with Crippen molar-refractivity contribution in [2.45, 2.75) is 92.9 Å².